The van der Waals surface area contributed by atoms with Crippen molar-refractivity contribution in [2.24, 2.45) is 0 Å². The Morgan fingerprint density at radius 3 is 1.34 bits per heavy atom. The average Bonchev–Trinajstić information content (AvgIpc) is 2.96. The highest BCUT2D eigenvalue weighted by Gasteiger charge is 2.42. The first-order chi connectivity index (χ1) is 22.0. The molecule has 4 aromatic rings. The molecule has 0 aliphatic rings. The summed E-state index contributed by atoms with van der Waals surface area (Å²) in [6.07, 6.45) is -14.3. The van der Waals surface area contributed by atoms with Crippen LogP contribution in [-0.2, 0) is 24.7 Å². The van der Waals surface area contributed by atoms with E-state index in [9.17, 15) is 48.3 Å². The summed E-state index contributed by atoms with van der Waals surface area (Å²) in [6, 6.07) is 8.75. The maximum Gasteiger partial charge on any atom is 0.429 e. The second-order valence-electron chi connectivity index (χ2n) is 9.70. The van der Waals surface area contributed by atoms with Gasteiger partial charge in [0.05, 0.1) is 5.56 Å². The number of hydrogen-bond acceptors (Lipinski definition) is 4. The second kappa shape index (κ2) is 13.8. The summed E-state index contributed by atoms with van der Waals surface area (Å²) in [5.74, 6) is -7.57. The summed E-state index contributed by atoms with van der Waals surface area (Å²) >= 11 is 0. The van der Waals surface area contributed by atoms with Gasteiger partial charge in [-0.1, -0.05) is 19.4 Å². The van der Waals surface area contributed by atoms with Crippen LogP contribution in [0.15, 0.2) is 91.2 Å². The van der Waals surface area contributed by atoms with Gasteiger partial charge < -0.3 is 18.9 Å². The fourth-order valence-corrected chi connectivity index (χ4v) is 4.14. The molecule has 4 rings (SSSR count). The lowest BCUT2D eigenvalue weighted by molar-refractivity contribution is -0.189. The quantitative estimate of drug-likeness (QED) is 0.104. The molecule has 0 aromatic heterocycles. The van der Waals surface area contributed by atoms with E-state index in [0.29, 0.717) is 42.7 Å². The SMILES string of the molecule is CCCc1ccc(C(F)(F)Oc2ccc(C(F)(F)Oc3ccc(C(F)(F)Oc4ccc(OC=C(F)F)cc4)c(F)c3)c(F)c2)c(F)c1. The van der Waals surface area contributed by atoms with E-state index in [4.69, 9.17) is 0 Å². The Kier molecular flexibility index (Phi) is 10.3. The zero-order valence-corrected chi connectivity index (χ0v) is 23.8. The molecule has 15 heteroatoms. The Labute approximate surface area is 259 Å². The van der Waals surface area contributed by atoms with Crippen LogP contribution in [0.25, 0.3) is 0 Å². The fourth-order valence-electron chi connectivity index (χ4n) is 4.14. The van der Waals surface area contributed by atoms with Crippen LogP contribution in [0.4, 0.5) is 48.3 Å². The largest absolute Gasteiger partial charge is 0.459 e. The minimum atomic E-state index is -4.58. The normalized spacial score (nSPS) is 12.0. The molecule has 0 aliphatic heterocycles. The molecule has 0 saturated carbocycles. The first-order valence-corrected chi connectivity index (χ1v) is 13.4. The highest BCUT2D eigenvalue weighted by atomic mass is 19.3. The topological polar surface area (TPSA) is 36.9 Å². The van der Waals surface area contributed by atoms with E-state index < -0.39 is 75.8 Å². The molecule has 0 radical (unpaired) electrons. The summed E-state index contributed by atoms with van der Waals surface area (Å²) in [5.41, 5.74) is -3.66. The molecule has 250 valence electrons. The van der Waals surface area contributed by atoms with Gasteiger partial charge in [-0.3, -0.25) is 0 Å². The zero-order chi connectivity index (χ0) is 34.6. The van der Waals surface area contributed by atoms with Gasteiger partial charge >= 0.3 is 24.4 Å². The molecule has 0 unspecified atom stereocenters. The summed E-state index contributed by atoms with van der Waals surface area (Å²) in [6.45, 7) is 1.80. The molecule has 4 nitrogen and oxygen atoms in total. The number of alkyl halides is 6. The van der Waals surface area contributed by atoms with E-state index >= 15 is 0 Å². The van der Waals surface area contributed by atoms with Crippen LogP contribution in [0.2, 0.25) is 0 Å². The van der Waals surface area contributed by atoms with E-state index in [1.165, 1.54) is 6.07 Å². The van der Waals surface area contributed by atoms with Crippen molar-refractivity contribution in [1.29, 1.82) is 0 Å². The van der Waals surface area contributed by atoms with Gasteiger partial charge in [0.1, 0.15) is 51.6 Å². The molecule has 0 atom stereocenters. The third kappa shape index (κ3) is 8.65. The van der Waals surface area contributed by atoms with Crippen molar-refractivity contribution in [3.8, 4) is 23.0 Å². The Morgan fingerprint density at radius 1 is 0.553 bits per heavy atom. The molecule has 0 saturated heterocycles. The number of hydrogen-bond donors (Lipinski definition) is 0. The van der Waals surface area contributed by atoms with Crippen molar-refractivity contribution in [2.45, 2.75) is 38.1 Å². The number of ether oxygens (including phenoxy) is 4. The molecule has 4 aromatic carbocycles. The van der Waals surface area contributed by atoms with Crippen molar-refractivity contribution < 1.29 is 67.2 Å². The van der Waals surface area contributed by atoms with E-state index in [0.717, 1.165) is 36.4 Å². The summed E-state index contributed by atoms with van der Waals surface area (Å²) in [5, 5.41) is 0. The highest BCUT2D eigenvalue weighted by molar-refractivity contribution is 5.37. The standard InChI is InChI=1S/C32H21F11O4/c1-2-3-18-4-11-23(26(33)14-18)31(40,41)46-21-10-13-25(28(35)16-21)32(42,43)47-22-9-12-24(27(34)15-22)30(38,39)45-20-7-5-19(6-8-20)44-17-29(36)37/h4-17H,2-3H2,1H3. The molecule has 0 bridgehead atoms. The fraction of sp³-hybridized carbons (Fsp3) is 0.188. The summed E-state index contributed by atoms with van der Waals surface area (Å²) < 4.78 is 174. The molecule has 0 amide bonds. The van der Waals surface area contributed by atoms with Crippen molar-refractivity contribution in [3.05, 3.63) is 131 Å². The average molecular weight is 678 g/mol. The summed E-state index contributed by atoms with van der Waals surface area (Å²) in [7, 11) is 0. The van der Waals surface area contributed by atoms with Gasteiger partial charge in [0.15, 0.2) is 6.26 Å². The molecule has 0 aliphatic carbocycles. The van der Waals surface area contributed by atoms with E-state index in [1.807, 2.05) is 0 Å². The van der Waals surface area contributed by atoms with E-state index in [2.05, 4.69) is 18.9 Å². The first-order valence-electron chi connectivity index (χ1n) is 13.4. The number of rotatable bonds is 13. The van der Waals surface area contributed by atoms with Crippen LogP contribution in [-0.4, -0.2) is 0 Å². The van der Waals surface area contributed by atoms with Gasteiger partial charge in [0, 0.05) is 12.1 Å². The molecule has 0 spiro atoms. The van der Waals surface area contributed by atoms with Crippen molar-refractivity contribution in [2.75, 3.05) is 0 Å². The Balaban J connectivity index is 1.46. The number of aryl methyl sites for hydroxylation is 1. The maximum absolute atomic E-state index is 14.8. The molecular formula is C32H21F11O4. The van der Waals surface area contributed by atoms with Crippen LogP contribution in [0.1, 0.15) is 35.6 Å². The number of halogens is 11. The minimum absolute atomic E-state index is 0.102. The predicted octanol–water partition coefficient (Wildman–Crippen LogP) is 10.6. The zero-order valence-electron chi connectivity index (χ0n) is 23.8. The molecule has 0 heterocycles. The second-order valence-corrected chi connectivity index (χ2v) is 9.70. The monoisotopic (exact) mass is 678 g/mol. The molecular weight excluding hydrogens is 657 g/mol. The van der Waals surface area contributed by atoms with Crippen LogP contribution in [0.3, 0.4) is 0 Å². The van der Waals surface area contributed by atoms with Crippen molar-refractivity contribution >= 4 is 0 Å². The van der Waals surface area contributed by atoms with E-state index in [1.54, 1.807) is 6.92 Å². The smallest absolute Gasteiger partial charge is 0.429 e. The lowest BCUT2D eigenvalue weighted by Crippen LogP contribution is -2.26. The highest BCUT2D eigenvalue weighted by Crippen LogP contribution is 2.40. The third-order valence-corrected chi connectivity index (χ3v) is 6.24. The van der Waals surface area contributed by atoms with Crippen LogP contribution >= 0.6 is 0 Å². The molecule has 0 fully saturated rings. The van der Waals surface area contributed by atoms with Crippen LogP contribution in [0.5, 0.6) is 23.0 Å². The van der Waals surface area contributed by atoms with Gasteiger partial charge in [-0.05, 0) is 72.6 Å². The van der Waals surface area contributed by atoms with Gasteiger partial charge in [-0.15, -0.1) is 0 Å². The minimum Gasteiger partial charge on any atom is -0.459 e. The van der Waals surface area contributed by atoms with Crippen LogP contribution in [0, 0.1) is 17.5 Å². The third-order valence-electron chi connectivity index (χ3n) is 6.24. The Morgan fingerprint density at radius 2 is 0.936 bits per heavy atom. The maximum atomic E-state index is 14.8. The van der Waals surface area contributed by atoms with Gasteiger partial charge in [-0.25, -0.2) is 13.2 Å². The molecule has 47 heavy (non-hydrogen) atoms. The summed E-state index contributed by atoms with van der Waals surface area (Å²) in [4.78, 5) is 0. The Bertz CT molecular complexity index is 1740. The lowest BCUT2D eigenvalue weighted by Gasteiger charge is -2.22. The van der Waals surface area contributed by atoms with Gasteiger partial charge in [0.25, 0.3) is 0 Å². The first kappa shape index (κ1) is 34.9. The van der Waals surface area contributed by atoms with Crippen LogP contribution < -0.4 is 18.9 Å². The Hall–Kier alpha value is -4.95. The predicted molar refractivity (Wildman–Crippen MR) is 144 cm³/mol. The van der Waals surface area contributed by atoms with Crippen molar-refractivity contribution in [3.63, 3.8) is 0 Å². The van der Waals surface area contributed by atoms with Gasteiger partial charge in [0.2, 0.25) is 0 Å². The number of benzene rings is 4. The van der Waals surface area contributed by atoms with Gasteiger partial charge in [-0.2, -0.15) is 35.1 Å². The lowest BCUT2D eigenvalue weighted by atomic mass is 10.1. The van der Waals surface area contributed by atoms with E-state index in [-0.39, 0.29) is 24.1 Å². The van der Waals surface area contributed by atoms with Crippen molar-refractivity contribution in [1.82, 2.24) is 0 Å². The molecule has 0 N–H and O–H groups in total.